The van der Waals surface area contributed by atoms with Gasteiger partial charge in [-0.15, -0.1) is 11.3 Å². The second kappa shape index (κ2) is 11.2. The van der Waals surface area contributed by atoms with Crippen molar-refractivity contribution in [3.8, 4) is 0 Å². The Bertz CT molecular complexity index is 1140. The summed E-state index contributed by atoms with van der Waals surface area (Å²) in [6, 6.07) is 19.4. The van der Waals surface area contributed by atoms with E-state index in [0.29, 0.717) is 20.6 Å². The van der Waals surface area contributed by atoms with Gasteiger partial charge < -0.3 is 15.5 Å². The number of thiophene rings is 1. The van der Waals surface area contributed by atoms with Crippen molar-refractivity contribution in [1.82, 2.24) is 10.2 Å². The van der Waals surface area contributed by atoms with Crippen molar-refractivity contribution in [3.05, 3.63) is 82.2 Å². The highest BCUT2D eigenvalue weighted by Gasteiger charge is 2.44. The molecule has 1 aromatic heterocycles. The van der Waals surface area contributed by atoms with E-state index in [-0.39, 0.29) is 11.3 Å². The fourth-order valence-corrected chi connectivity index (χ4v) is 5.23. The molecule has 1 saturated carbocycles. The number of likely N-dealkylation sites (N-methyl/N-ethyl adjacent to an activating group) is 1. The molecule has 184 valence electrons. The van der Waals surface area contributed by atoms with Crippen LogP contribution < -0.4 is 16.0 Å². The number of halogens is 1. The number of nitrogens with zero attached hydrogens (tertiary/aromatic N) is 1. The molecule has 0 aliphatic heterocycles. The zero-order chi connectivity index (χ0) is 24.8. The third-order valence-electron chi connectivity index (χ3n) is 6.52. The van der Waals surface area contributed by atoms with Gasteiger partial charge in [0, 0.05) is 17.6 Å². The van der Waals surface area contributed by atoms with E-state index in [1.54, 1.807) is 12.1 Å². The van der Waals surface area contributed by atoms with Gasteiger partial charge in [-0.25, -0.2) is 4.79 Å². The maximum Gasteiger partial charge on any atom is 0.320 e. The first kappa shape index (κ1) is 25.2. The summed E-state index contributed by atoms with van der Waals surface area (Å²) in [5, 5.41) is 9.10. The second-order valence-corrected chi connectivity index (χ2v) is 10.6. The summed E-state index contributed by atoms with van der Waals surface area (Å²) in [5.74, 6) is -0.312. The molecule has 1 heterocycles. The molecule has 1 fully saturated rings. The number of carbonyl (C=O) groups is 2. The lowest BCUT2D eigenvalue weighted by atomic mass is 9.95. The van der Waals surface area contributed by atoms with Crippen LogP contribution in [0.2, 0.25) is 4.34 Å². The van der Waals surface area contributed by atoms with Crippen LogP contribution in [0.3, 0.4) is 0 Å². The van der Waals surface area contributed by atoms with E-state index in [9.17, 15) is 9.59 Å². The second-order valence-electron chi connectivity index (χ2n) is 8.85. The topological polar surface area (TPSA) is 73.5 Å². The van der Waals surface area contributed by atoms with Gasteiger partial charge in [0.2, 0.25) is 0 Å². The van der Waals surface area contributed by atoms with Crippen molar-refractivity contribution in [2.24, 2.45) is 0 Å². The Morgan fingerprint density at radius 1 is 0.971 bits per heavy atom. The van der Waals surface area contributed by atoms with Gasteiger partial charge in [0.15, 0.2) is 0 Å². The number of anilines is 2. The Kier molecular flexibility index (Phi) is 8.11. The molecule has 3 N–H and O–H groups in total. The van der Waals surface area contributed by atoms with Gasteiger partial charge in [-0.2, -0.15) is 0 Å². The Balaban J connectivity index is 1.44. The van der Waals surface area contributed by atoms with Gasteiger partial charge in [-0.05, 0) is 61.3 Å². The van der Waals surface area contributed by atoms with Crippen molar-refractivity contribution in [3.63, 3.8) is 0 Å². The molecule has 6 nitrogen and oxygen atoms in total. The highest BCUT2D eigenvalue weighted by atomic mass is 35.5. The third-order valence-corrected chi connectivity index (χ3v) is 7.67. The van der Waals surface area contributed by atoms with Gasteiger partial charge in [-0.3, -0.25) is 10.1 Å². The summed E-state index contributed by atoms with van der Waals surface area (Å²) >= 11 is 7.20. The molecule has 0 radical (unpaired) electrons. The first-order valence-electron chi connectivity index (χ1n) is 11.9. The Morgan fingerprint density at radius 3 is 2.23 bits per heavy atom. The Labute approximate surface area is 215 Å². The SMILES string of the molecule is CCN(CC)CC1(c2ccc(NC(=O)C(NC(=O)Nc3ccc(Cl)s3)c3ccccc3)cc2)CC1. The lowest BCUT2D eigenvalue weighted by Gasteiger charge is -2.25. The molecule has 4 rings (SSSR count). The molecule has 1 aliphatic rings. The number of hydrogen-bond donors (Lipinski definition) is 3. The minimum Gasteiger partial charge on any atom is -0.324 e. The Morgan fingerprint density at radius 2 is 1.66 bits per heavy atom. The average molecular weight is 511 g/mol. The van der Waals surface area contributed by atoms with E-state index in [2.05, 4.69) is 46.8 Å². The van der Waals surface area contributed by atoms with Crippen LogP contribution in [0.5, 0.6) is 0 Å². The summed E-state index contributed by atoms with van der Waals surface area (Å²) in [4.78, 5) is 28.3. The maximum absolute atomic E-state index is 13.2. The van der Waals surface area contributed by atoms with Crippen LogP contribution in [0.15, 0.2) is 66.7 Å². The molecule has 8 heteroatoms. The number of hydrogen-bond acceptors (Lipinski definition) is 4. The zero-order valence-electron chi connectivity index (χ0n) is 20.0. The van der Waals surface area contributed by atoms with Crippen molar-refractivity contribution in [2.45, 2.75) is 38.1 Å². The minimum atomic E-state index is -0.858. The quantitative estimate of drug-likeness (QED) is 0.300. The minimum absolute atomic E-state index is 0.228. The molecule has 2 aromatic carbocycles. The van der Waals surface area contributed by atoms with Crippen LogP contribution in [0.1, 0.15) is 43.9 Å². The highest BCUT2D eigenvalue weighted by molar-refractivity contribution is 7.20. The van der Waals surface area contributed by atoms with E-state index in [4.69, 9.17) is 11.6 Å². The van der Waals surface area contributed by atoms with Crippen LogP contribution in [-0.2, 0) is 10.2 Å². The van der Waals surface area contributed by atoms with Crippen LogP contribution in [0, 0.1) is 0 Å². The first-order chi connectivity index (χ1) is 16.9. The number of carbonyl (C=O) groups excluding carboxylic acids is 2. The predicted molar refractivity (Wildman–Crippen MR) is 144 cm³/mol. The maximum atomic E-state index is 13.2. The van der Waals surface area contributed by atoms with Gasteiger partial charge in [-0.1, -0.05) is 67.9 Å². The normalized spacial score (nSPS) is 14.9. The molecular weight excluding hydrogens is 480 g/mol. The first-order valence-corrected chi connectivity index (χ1v) is 13.1. The molecule has 1 aliphatic carbocycles. The number of urea groups is 1. The molecule has 3 amide bonds. The molecule has 0 spiro atoms. The lowest BCUT2D eigenvalue weighted by molar-refractivity contribution is -0.118. The van der Waals surface area contributed by atoms with Crippen molar-refractivity contribution in [2.75, 3.05) is 30.3 Å². The summed E-state index contributed by atoms with van der Waals surface area (Å²) in [6.07, 6.45) is 2.39. The third kappa shape index (κ3) is 6.42. The standard InChI is InChI=1S/C27H31ClN4O2S/c1-3-32(4-2)18-27(16-17-27)20-10-12-21(13-11-20)29-25(33)24(19-8-6-5-7-9-19)31-26(34)30-23-15-14-22(28)35-23/h5-15,24H,3-4,16-18H2,1-2H3,(H,29,33)(H2,30,31,34). The van der Waals surface area contributed by atoms with E-state index in [0.717, 1.165) is 19.6 Å². The van der Waals surface area contributed by atoms with Crippen molar-refractivity contribution >= 4 is 45.6 Å². The van der Waals surface area contributed by atoms with E-state index in [1.807, 2.05) is 42.5 Å². The molecule has 0 bridgehead atoms. The molecule has 3 aromatic rings. The predicted octanol–water partition coefficient (Wildman–Crippen LogP) is 6.28. The van der Waals surface area contributed by atoms with Crippen LogP contribution in [0.4, 0.5) is 15.5 Å². The van der Waals surface area contributed by atoms with Gasteiger partial charge in [0.25, 0.3) is 5.91 Å². The largest absolute Gasteiger partial charge is 0.324 e. The zero-order valence-corrected chi connectivity index (χ0v) is 21.6. The average Bonchev–Trinajstić information content (AvgIpc) is 3.55. The summed E-state index contributed by atoms with van der Waals surface area (Å²) in [5.41, 5.74) is 2.93. The highest BCUT2D eigenvalue weighted by Crippen LogP contribution is 2.49. The van der Waals surface area contributed by atoms with Crippen molar-refractivity contribution < 1.29 is 9.59 Å². The number of benzene rings is 2. The van der Waals surface area contributed by atoms with Crippen molar-refractivity contribution in [1.29, 1.82) is 0 Å². The summed E-state index contributed by atoms with van der Waals surface area (Å²) < 4.78 is 0.575. The van der Waals surface area contributed by atoms with E-state index < -0.39 is 12.1 Å². The Hall–Kier alpha value is -2.87. The molecular formula is C27H31ClN4O2S. The van der Waals surface area contributed by atoms with E-state index in [1.165, 1.54) is 29.7 Å². The monoisotopic (exact) mass is 510 g/mol. The van der Waals surface area contributed by atoms with Crippen LogP contribution in [0.25, 0.3) is 0 Å². The van der Waals surface area contributed by atoms with Gasteiger partial charge in [0.05, 0.1) is 9.34 Å². The van der Waals surface area contributed by atoms with Crippen LogP contribution >= 0.6 is 22.9 Å². The molecule has 35 heavy (non-hydrogen) atoms. The lowest BCUT2D eigenvalue weighted by Crippen LogP contribution is -2.39. The fourth-order valence-electron chi connectivity index (χ4n) is 4.29. The summed E-state index contributed by atoms with van der Waals surface area (Å²) in [7, 11) is 0. The number of nitrogens with one attached hydrogen (secondary N) is 3. The van der Waals surface area contributed by atoms with Gasteiger partial charge in [0.1, 0.15) is 6.04 Å². The molecule has 1 atom stereocenters. The smallest absolute Gasteiger partial charge is 0.320 e. The molecule has 1 unspecified atom stereocenters. The van der Waals surface area contributed by atoms with Crippen LogP contribution in [-0.4, -0.2) is 36.5 Å². The number of amides is 3. The number of rotatable bonds is 10. The van der Waals surface area contributed by atoms with E-state index >= 15 is 0 Å². The molecule has 0 saturated heterocycles. The summed E-state index contributed by atoms with van der Waals surface area (Å²) in [6.45, 7) is 7.56. The fraction of sp³-hybridized carbons (Fsp3) is 0.333. The van der Waals surface area contributed by atoms with Gasteiger partial charge >= 0.3 is 6.03 Å².